The Labute approximate surface area is 191 Å². The summed E-state index contributed by atoms with van der Waals surface area (Å²) in [6.07, 6.45) is 4.15. The van der Waals surface area contributed by atoms with Crippen molar-refractivity contribution in [3.05, 3.63) is 35.4 Å². The number of fused-ring (bicyclic) bond motifs is 2. The molecule has 2 amide bonds. The zero-order valence-corrected chi connectivity index (χ0v) is 20.0. The van der Waals surface area contributed by atoms with Crippen molar-refractivity contribution in [2.24, 2.45) is 5.92 Å². The van der Waals surface area contributed by atoms with Crippen molar-refractivity contribution in [1.29, 1.82) is 0 Å². The second kappa shape index (κ2) is 11.9. The zero-order chi connectivity index (χ0) is 23.7. The highest BCUT2D eigenvalue weighted by Crippen LogP contribution is 2.25. The molecular formula is C25H38N2O5. The molecule has 2 bridgehead atoms. The summed E-state index contributed by atoms with van der Waals surface area (Å²) in [5, 5.41) is 6.19. The molecule has 1 aliphatic heterocycles. The quantitative estimate of drug-likeness (QED) is 0.652. The molecule has 32 heavy (non-hydrogen) atoms. The maximum absolute atomic E-state index is 12.7. The van der Waals surface area contributed by atoms with Gasteiger partial charge in [-0.15, -0.1) is 0 Å². The molecule has 7 heteroatoms. The lowest BCUT2D eigenvalue weighted by molar-refractivity contribution is -0.140. The third kappa shape index (κ3) is 8.89. The van der Waals surface area contributed by atoms with Crippen LogP contribution >= 0.6 is 0 Å². The predicted molar refractivity (Wildman–Crippen MR) is 123 cm³/mol. The Kier molecular flexibility index (Phi) is 9.54. The summed E-state index contributed by atoms with van der Waals surface area (Å²) in [4.78, 5) is 36.6. The summed E-state index contributed by atoms with van der Waals surface area (Å²) < 4.78 is 10.2. The molecule has 7 nitrogen and oxygen atoms in total. The molecule has 1 aliphatic rings. The molecule has 0 aromatic heterocycles. The van der Waals surface area contributed by atoms with Crippen molar-refractivity contribution in [3.8, 4) is 0 Å². The lowest BCUT2D eigenvalue weighted by atomic mass is 9.92. The van der Waals surface area contributed by atoms with E-state index in [0.29, 0.717) is 25.7 Å². The molecule has 0 saturated heterocycles. The number of rotatable bonds is 5. The van der Waals surface area contributed by atoms with Gasteiger partial charge in [0.05, 0.1) is 13.2 Å². The lowest BCUT2D eigenvalue weighted by Crippen LogP contribution is -2.40. The summed E-state index contributed by atoms with van der Waals surface area (Å²) in [6.45, 7) is 7.46. The van der Waals surface area contributed by atoms with Gasteiger partial charge in [-0.25, -0.2) is 4.79 Å². The minimum atomic E-state index is -0.568. The fourth-order valence-corrected chi connectivity index (χ4v) is 3.92. The van der Waals surface area contributed by atoms with Crippen molar-refractivity contribution in [2.45, 2.75) is 90.3 Å². The van der Waals surface area contributed by atoms with Gasteiger partial charge in [-0.3, -0.25) is 9.59 Å². The summed E-state index contributed by atoms with van der Waals surface area (Å²) in [7, 11) is 1.38. The number of amides is 2. The molecule has 2 rings (SSSR count). The average Bonchev–Trinajstić information content (AvgIpc) is 2.70. The standard InChI is InChI=1S/C25H38N2O5/c1-17-9-6-13-21(27-24(30)32-25(2,3)4)19-11-7-10-18(15-19)16-20(26-23(17)29)12-8-14-22(28)31-5/h7,10-11,15,17,20-21H,6,8-9,12-14,16H2,1-5H3,(H,26,29)(H,27,30)/t17-,20+,21+/m1/s1. The summed E-state index contributed by atoms with van der Waals surface area (Å²) >= 11 is 0. The van der Waals surface area contributed by atoms with E-state index in [0.717, 1.165) is 30.4 Å². The first-order valence-electron chi connectivity index (χ1n) is 11.5. The number of ether oxygens (including phenoxy) is 2. The fraction of sp³-hybridized carbons (Fsp3) is 0.640. The SMILES string of the molecule is COC(=O)CCC[C@H]1Cc2cccc(c2)[C@@H](NC(=O)OC(C)(C)C)CCC[C@@H](C)C(=O)N1. The van der Waals surface area contributed by atoms with Gasteiger partial charge in [0.2, 0.25) is 5.91 Å². The van der Waals surface area contributed by atoms with E-state index in [2.05, 4.69) is 16.7 Å². The number of methoxy groups -OCH3 is 1. The van der Waals surface area contributed by atoms with Crippen LogP contribution in [0.15, 0.2) is 24.3 Å². The van der Waals surface area contributed by atoms with Gasteiger partial charge in [0.1, 0.15) is 5.60 Å². The van der Waals surface area contributed by atoms with Crippen molar-refractivity contribution >= 4 is 18.0 Å². The predicted octanol–water partition coefficient (Wildman–Crippen LogP) is 4.44. The monoisotopic (exact) mass is 446 g/mol. The minimum Gasteiger partial charge on any atom is -0.469 e. The first kappa shape index (κ1) is 25.7. The van der Waals surface area contributed by atoms with Crippen molar-refractivity contribution in [2.75, 3.05) is 7.11 Å². The zero-order valence-electron chi connectivity index (χ0n) is 20.0. The number of nitrogens with one attached hydrogen (secondary N) is 2. The summed E-state index contributed by atoms with van der Waals surface area (Å²) in [5.74, 6) is -0.338. The molecular weight excluding hydrogens is 408 g/mol. The first-order valence-corrected chi connectivity index (χ1v) is 11.5. The molecule has 3 atom stereocenters. The largest absolute Gasteiger partial charge is 0.469 e. The van der Waals surface area contributed by atoms with Crippen LogP contribution < -0.4 is 10.6 Å². The van der Waals surface area contributed by atoms with Gasteiger partial charge in [-0.2, -0.15) is 0 Å². The fourth-order valence-electron chi connectivity index (χ4n) is 3.92. The van der Waals surface area contributed by atoms with E-state index in [1.54, 1.807) is 0 Å². The second-order valence-electron chi connectivity index (χ2n) is 9.65. The normalized spacial score (nSPS) is 22.0. The third-order valence-corrected chi connectivity index (χ3v) is 5.61. The molecule has 1 aromatic rings. The number of benzene rings is 1. The van der Waals surface area contributed by atoms with Crippen LogP contribution in [0.25, 0.3) is 0 Å². The maximum Gasteiger partial charge on any atom is 0.408 e. The highest BCUT2D eigenvalue weighted by atomic mass is 16.6. The first-order chi connectivity index (χ1) is 15.1. The topological polar surface area (TPSA) is 93.7 Å². The molecule has 0 unspecified atom stereocenters. The van der Waals surface area contributed by atoms with Gasteiger partial charge < -0.3 is 20.1 Å². The minimum absolute atomic E-state index is 0.0291. The Morgan fingerprint density at radius 3 is 2.66 bits per heavy atom. The number of esters is 1. The Bertz CT molecular complexity index is 787. The van der Waals surface area contributed by atoms with Gasteiger partial charge in [0.15, 0.2) is 0 Å². The molecule has 1 heterocycles. The van der Waals surface area contributed by atoms with Gasteiger partial charge in [-0.1, -0.05) is 37.6 Å². The number of carbonyl (C=O) groups is 3. The molecule has 178 valence electrons. The van der Waals surface area contributed by atoms with E-state index >= 15 is 0 Å². The number of hydrogen-bond acceptors (Lipinski definition) is 5. The maximum atomic E-state index is 12.7. The van der Waals surface area contributed by atoms with Crippen LogP contribution in [-0.4, -0.2) is 36.7 Å². The van der Waals surface area contributed by atoms with E-state index in [4.69, 9.17) is 9.47 Å². The van der Waals surface area contributed by atoms with Crippen LogP contribution in [-0.2, 0) is 25.5 Å². The molecule has 0 saturated carbocycles. The van der Waals surface area contributed by atoms with Gasteiger partial charge in [0, 0.05) is 18.4 Å². The van der Waals surface area contributed by atoms with Crippen LogP contribution in [0.2, 0.25) is 0 Å². The number of alkyl carbamates (subject to hydrolysis) is 1. The van der Waals surface area contributed by atoms with Crippen molar-refractivity contribution in [1.82, 2.24) is 10.6 Å². The van der Waals surface area contributed by atoms with Gasteiger partial charge in [0.25, 0.3) is 0 Å². The Morgan fingerprint density at radius 1 is 1.22 bits per heavy atom. The molecule has 0 fully saturated rings. The van der Waals surface area contributed by atoms with E-state index in [1.165, 1.54) is 7.11 Å². The van der Waals surface area contributed by atoms with Crippen LogP contribution in [0.1, 0.15) is 83.4 Å². The average molecular weight is 447 g/mol. The number of carbonyl (C=O) groups excluding carboxylic acids is 3. The summed E-state index contributed by atoms with van der Waals surface area (Å²) in [6, 6.07) is 7.87. The molecule has 0 aliphatic carbocycles. The van der Waals surface area contributed by atoms with Crippen LogP contribution in [0.5, 0.6) is 0 Å². The van der Waals surface area contributed by atoms with Crippen LogP contribution in [0, 0.1) is 5.92 Å². The van der Waals surface area contributed by atoms with Gasteiger partial charge in [-0.05, 0) is 64.0 Å². The van der Waals surface area contributed by atoms with E-state index < -0.39 is 11.7 Å². The number of hydrogen-bond donors (Lipinski definition) is 2. The van der Waals surface area contributed by atoms with Crippen molar-refractivity contribution in [3.63, 3.8) is 0 Å². The second-order valence-corrected chi connectivity index (χ2v) is 9.65. The molecule has 2 N–H and O–H groups in total. The lowest BCUT2D eigenvalue weighted by Gasteiger charge is -2.26. The third-order valence-electron chi connectivity index (χ3n) is 5.61. The smallest absolute Gasteiger partial charge is 0.408 e. The van der Waals surface area contributed by atoms with Crippen molar-refractivity contribution < 1.29 is 23.9 Å². The molecule has 1 aromatic carbocycles. The highest BCUT2D eigenvalue weighted by Gasteiger charge is 2.24. The molecule has 0 radical (unpaired) electrons. The van der Waals surface area contributed by atoms with Crippen LogP contribution in [0.3, 0.4) is 0 Å². The Balaban J connectivity index is 2.20. The van der Waals surface area contributed by atoms with Gasteiger partial charge >= 0.3 is 12.1 Å². The van der Waals surface area contributed by atoms with E-state index in [1.807, 2.05) is 45.9 Å². The molecule has 0 spiro atoms. The Hall–Kier alpha value is -2.57. The Morgan fingerprint density at radius 2 is 1.97 bits per heavy atom. The highest BCUT2D eigenvalue weighted by molar-refractivity contribution is 5.78. The van der Waals surface area contributed by atoms with E-state index in [9.17, 15) is 14.4 Å². The summed E-state index contributed by atoms with van der Waals surface area (Å²) in [5.41, 5.74) is 1.54. The van der Waals surface area contributed by atoms with Crippen LogP contribution in [0.4, 0.5) is 4.79 Å². The van der Waals surface area contributed by atoms with E-state index in [-0.39, 0.29) is 29.9 Å².